The fraction of sp³-hybridized carbons (Fsp3) is 0.400. The number of aromatic nitrogens is 2. The quantitative estimate of drug-likeness (QED) is 0.651. The standard InChI is InChI=1S/C25H32N6O.H2/c1-3-7-19(8-4-2)17-23(32)31-14-11-20(18-31)27-25-28-22-10-6-5-9-21(22)24(29-25)30-15-12-26-13-16-30;/h3-10,20,26H,1,11-18H2,2H3,(H,27,28,29);1H/b8-4-,19-7+;/t20-;/m0./s1. The third kappa shape index (κ3) is 5.16. The highest BCUT2D eigenvalue weighted by atomic mass is 16.2. The molecule has 0 saturated carbocycles. The molecule has 0 radical (unpaired) electrons. The summed E-state index contributed by atoms with van der Waals surface area (Å²) in [6, 6.07) is 8.31. The van der Waals surface area contributed by atoms with Crippen LogP contribution in [0.2, 0.25) is 0 Å². The summed E-state index contributed by atoms with van der Waals surface area (Å²) in [5.74, 6) is 1.76. The summed E-state index contributed by atoms with van der Waals surface area (Å²) >= 11 is 0. The molecule has 3 heterocycles. The van der Waals surface area contributed by atoms with Crippen LogP contribution in [0.15, 0.2) is 60.7 Å². The fourth-order valence-electron chi connectivity index (χ4n) is 4.35. The van der Waals surface area contributed by atoms with Crippen molar-refractivity contribution in [1.29, 1.82) is 0 Å². The van der Waals surface area contributed by atoms with Gasteiger partial charge in [-0.05, 0) is 31.1 Å². The van der Waals surface area contributed by atoms with E-state index in [0.717, 1.165) is 61.4 Å². The van der Waals surface area contributed by atoms with Crippen LogP contribution in [0.25, 0.3) is 10.9 Å². The van der Waals surface area contributed by atoms with Gasteiger partial charge in [0.2, 0.25) is 11.9 Å². The van der Waals surface area contributed by atoms with Crippen molar-refractivity contribution in [2.45, 2.75) is 25.8 Å². The number of rotatable bonds is 7. The molecule has 1 aromatic heterocycles. The van der Waals surface area contributed by atoms with Crippen LogP contribution in [0.4, 0.5) is 11.8 Å². The molecule has 0 spiro atoms. The van der Waals surface area contributed by atoms with E-state index in [1.165, 1.54) is 0 Å². The van der Waals surface area contributed by atoms with E-state index in [4.69, 9.17) is 9.97 Å². The first-order valence-electron chi connectivity index (χ1n) is 11.4. The van der Waals surface area contributed by atoms with E-state index in [-0.39, 0.29) is 13.4 Å². The highest BCUT2D eigenvalue weighted by Gasteiger charge is 2.27. The van der Waals surface area contributed by atoms with Gasteiger partial charge >= 0.3 is 0 Å². The molecule has 2 aliphatic heterocycles. The first-order chi connectivity index (χ1) is 15.7. The second-order valence-corrected chi connectivity index (χ2v) is 8.25. The number of hydrogen-bond donors (Lipinski definition) is 2. The summed E-state index contributed by atoms with van der Waals surface area (Å²) in [4.78, 5) is 26.7. The summed E-state index contributed by atoms with van der Waals surface area (Å²) in [6.45, 7) is 10.9. The lowest BCUT2D eigenvalue weighted by Crippen LogP contribution is -2.44. The highest BCUT2D eigenvalue weighted by molar-refractivity contribution is 5.90. The van der Waals surface area contributed by atoms with Gasteiger partial charge in [0.15, 0.2) is 0 Å². The van der Waals surface area contributed by atoms with Gasteiger partial charge in [-0.25, -0.2) is 4.98 Å². The van der Waals surface area contributed by atoms with Crippen molar-refractivity contribution in [1.82, 2.24) is 20.2 Å². The minimum atomic E-state index is 0. The van der Waals surface area contributed by atoms with E-state index in [9.17, 15) is 4.79 Å². The number of benzene rings is 1. The molecule has 0 bridgehead atoms. The molecule has 1 aromatic carbocycles. The molecular weight excluding hydrogens is 400 g/mol. The Morgan fingerprint density at radius 1 is 1.28 bits per heavy atom. The van der Waals surface area contributed by atoms with Gasteiger partial charge in [-0.2, -0.15) is 4.98 Å². The van der Waals surface area contributed by atoms with Crippen molar-refractivity contribution in [2.24, 2.45) is 0 Å². The molecule has 170 valence electrons. The van der Waals surface area contributed by atoms with E-state index in [2.05, 4.69) is 28.2 Å². The Hall–Kier alpha value is -3.19. The van der Waals surface area contributed by atoms with Crippen molar-refractivity contribution < 1.29 is 6.22 Å². The van der Waals surface area contributed by atoms with Crippen molar-refractivity contribution in [3.05, 3.63) is 60.7 Å². The lowest BCUT2D eigenvalue weighted by Gasteiger charge is -2.29. The number of anilines is 2. The maximum Gasteiger partial charge on any atom is 0.227 e. The minimum Gasteiger partial charge on any atom is -0.353 e. The number of allylic oxidation sites excluding steroid dienone is 4. The van der Waals surface area contributed by atoms with E-state index in [0.29, 0.717) is 18.9 Å². The number of nitrogens with one attached hydrogen (secondary N) is 2. The molecule has 2 aromatic rings. The van der Waals surface area contributed by atoms with Gasteiger partial charge in [0.1, 0.15) is 5.82 Å². The normalized spacial score (nSPS) is 19.7. The summed E-state index contributed by atoms with van der Waals surface area (Å²) in [5, 5.41) is 7.97. The number of carbonyl (C=O) groups is 1. The first kappa shape index (κ1) is 22.0. The Labute approximate surface area is 191 Å². The topological polar surface area (TPSA) is 73.4 Å². The molecule has 7 heteroatoms. The van der Waals surface area contributed by atoms with E-state index >= 15 is 0 Å². The lowest BCUT2D eigenvalue weighted by molar-refractivity contribution is -0.129. The highest BCUT2D eigenvalue weighted by Crippen LogP contribution is 2.26. The molecule has 1 amide bonds. The molecular formula is C25H34N6O. The molecule has 4 rings (SSSR count). The fourth-order valence-corrected chi connectivity index (χ4v) is 4.35. The van der Waals surface area contributed by atoms with Crippen LogP contribution in [0, 0.1) is 0 Å². The Balaban J connectivity index is 0.00000306. The predicted molar refractivity (Wildman–Crippen MR) is 133 cm³/mol. The molecule has 2 N–H and O–H groups in total. The second-order valence-electron chi connectivity index (χ2n) is 8.25. The number of hydrogen-bond acceptors (Lipinski definition) is 6. The van der Waals surface area contributed by atoms with Gasteiger partial charge in [0, 0.05) is 52.1 Å². The SMILES string of the molecule is C=C/C=C(\C=C/C)CC(=O)N1CC[C@H](Nc2nc(N3CCNCC3)c3ccccc3n2)C1.[HH]. The van der Waals surface area contributed by atoms with Gasteiger partial charge in [-0.3, -0.25) is 4.79 Å². The van der Waals surface area contributed by atoms with Gasteiger partial charge < -0.3 is 20.4 Å². The van der Waals surface area contributed by atoms with Crippen molar-refractivity contribution in [3.63, 3.8) is 0 Å². The van der Waals surface area contributed by atoms with Crippen molar-refractivity contribution in [2.75, 3.05) is 49.5 Å². The number of likely N-dealkylation sites (tertiary alicyclic amines) is 1. The van der Waals surface area contributed by atoms with E-state index in [1.54, 1.807) is 6.08 Å². The molecule has 1 atom stereocenters. The molecule has 7 nitrogen and oxygen atoms in total. The maximum absolute atomic E-state index is 12.8. The van der Waals surface area contributed by atoms with Crippen LogP contribution in [0.1, 0.15) is 21.2 Å². The zero-order valence-corrected chi connectivity index (χ0v) is 18.8. The van der Waals surface area contributed by atoms with E-state index in [1.807, 2.05) is 48.3 Å². The smallest absolute Gasteiger partial charge is 0.227 e. The van der Waals surface area contributed by atoms with Gasteiger partial charge in [-0.1, -0.05) is 43.0 Å². The Morgan fingerprint density at radius 3 is 2.88 bits per heavy atom. The molecule has 0 aliphatic carbocycles. The number of amides is 1. The van der Waals surface area contributed by atoms with Crippen LogP contribution in [-0.2, 0) is 4.79 Å². The number of piperazine rings is 1. The van der Waals surface area contributed by atoms with Crippen molar-refractivity contribution >= 4 is 28.6 Å². The molecule has 0 unspecified atom stereocenters. The summed E-state index contributed by atoms with van der Waals surface area (Å²) in [7, 11) is 0. The van der Waals surface area contributed by atoms with Crippen LogP contribution < -0.4 is 15.5 Å². The summed E-state index contributed by atoms with van der Waals surface area (Å²) in [6.07, 6.45) is 8.81. The van der Waals surface area contributed by atoms with Crippen LogP contribution in [0.3, 0.4) is 0 Å². The number of para-hydroxylation sites is 1. The largest absolute Gasteiger partial charge is 0.353 e. The molecule has 2 fully saturated rings. The minimum absolute atomic E-state index is 0. The van der Waals surface area contributed by atoms with E-state index < -0.39 is 0 Å². The third-order valence-corrected chi connectivity index (χ3v) is 5.94. The Kier molecular flexibility index (Phi) is 7.17. The van der Waals surface area contributed by atoms with Gasteiger partial charge in [-0.15, -0.1) is 0 Å². The zero-order valence-electron chi connectivity index (χ0n) is 18.8. The number of carbonyl (C=O) groups excluding carboxylic acids is 1. The summed E-state index contributed by atoms with van der Waals surface area (Å²) in [5.41, 5.74) is 1.91. The summed E-state index contributed by atoms with van der Waals surface area (Å²) < 4.78 is 0. The van der Waals surface area contributed by atoms with Gasteiger partial charge in [0.25, 0.3) is 0 Å². The van der Waals surface area contributed by atoms with Crippen LogP contribution in [-0.4, -0.2) is 66.1 Å². The molecule has 32 heavy (non-hydrogen) atoms. The molecule has 2 saturated heterocycles. The number of nitrogens with zero attached hydrogens (tertiary/aromatic N) is 4. The van der Waals surface area contributed by atoms with Crippen molar-refractivity contribution in [3.8, 4) is 0 Å². The molecule has 2 aliphatic rings. The third-order valence-electron chi connectivity index (χ3n) is 5.94. The first-order valence-corrected chi connectivity index (χ1v) is 11.4. The van der Waals surface area contributed by atoms with Crippen LogP contribution >= 0.6 is 0 Å². The average Bonchev–Trinajstić information content (AvgIpc) is 3.28. The Morgan fingerprint density at radius 2 is 2.09 bits per heavy atom. The zero-order chi connectivity index (χ0) is 22.3. The van der Waals surface area contributed by atoms with Crippen LogP contribution in [0.5, 0.6) is 0 Å². The lowest BCUT2D eigenvalue weighted by atomic mass is 10.1. The Bertz CT molecular complexity index is 1030. The average molecular weight is 435 g/mol. The monoisotopic (exact) mass is 434 g/mol. The second kappa shape index (κ2) is 10.4. The predicted octanol–water partition coefficient (Wildman–Crippen LogP) is 3.38. The van der Waals surface area contributed by atoms with Gasteiger partial charge in [0.05, 0.1) is 11.9 Å². The number of fused-ring (bicyclic) bond motifs is 1. The maximum atomic E-state index is 12.8.